The number of hydrogen-bond donors (Lipinski definition) is 3. The standard InChI is InChI=1S/C44H55NO11/c1-3-5-7-8-9-20-27-35(53-41(49)31-21-14-10-15-22-31)34(45-37(47)28-13-6-4-2)30-52-44-40(56-43(51)33-25-18-12-19-26-33)39(38(48)36(29-46)54-44)55-42(50)32-23-16-11-17-24-32/h10-12,14-27,34-36,38-40,44,46,48H,3-9,13,28-30H2,1-2H3,(H,45,47)/t34?,35?,36-,38+,39+,40-,44+/m1/s1. The number of esters is 3. The van der Waals surface area contributed by atoms with Crippen molar-refractivity contribution in [1.82, 2.24) is 5.32 Å². The van der Waals surface area contributed by atoms with E-state index in [0.29, 0.717) is 18.4 Å². The van der Waals surface area contributed by atoms with Crippen molar-refractivity contribution in [3.63, 3.8) is 0 Å². The van der Waals surface area contributed by atoms with Crippen LogP contribution in [0.5, 0.6) is 0 Å². The molecule has 4 rings (SSSR count). The second-order valence-electron chi connectivity index (χ2n) is 13.7. The van der Waals surface area contributed by atoms with E-state index in [4.69, 9.17) is 23.7 Å². The van der Waals surface area contributed by atoms with Crippen molar-refractivity contribution in [3.05, 3.63) is 120 Å². The Morgan fingerprint density at radius 2 is 1.27 bits per heavy atom. The molecule has 0 spiro atoms. The first-order valence-corrected chi connectivity index (χ1v) is 19.6. The predicted molar refractivity (Wildman–Crippen MR) is 209 cm³/mol. The molecule has 0 saturated carbocycles. The summed E-state index contributed by atoms with van der Waals surface area (Å²) in [5.41, 5.74) is 0.661. The Kier molecular flexibility index (Phi) is 18.7. The van der Waals surface area contributed by atoms with Gasteiger partial charge in [0, 0.05) is 6.42 Å². The van der Waals surface area contributed by atoms with Crippen LogP contribution >= 0.6 is 0 Å². The first kappa shape index (κ1) is 43.8. The molecule has 1 amide bonds. The zero-order valence-corrected chi connectivity index (χ0v) is 32.2. The van der Waals surface area contributed by atoms with Gasteiger partial charge in [0.05, 0.1) is 35.9 Å². The highest BCUT2D eigenvalue weighted by atomic mass is 16.7. The molecule has 0 radical (unpaired) electrons. The lowest BCUT2D eigenvalue weighted by molar-refractivity contribution is -0.300. The van der Waals surface area contributed by atoms with Gasteiger partial charge in [0.25, 0.3) is 0 Å². The Morgan fingerprint density at radius 1 is 0.732 bits per heavy atom. The smallest absolute Gasteiger partial charge is 0.338 e. The number of aliphatic hydroxyl groups excluding tert-OH is 2. The van der Waals surface area contributed by atoms with E-state index in [-0.39, 0.29) is 30.1 Å². The quantitative estimate of drug-likeness (QED) is 0.0451. The van der Waals surface area contributed by atoms with E-state index in [2.05, 4.69) is 12.2 Å². The van der Waals surface area contributed by atoms with E-state index in [1.165, 1.54) is 24.3 Å². The Labute approximate surface area is 329 Å². The van der Waals surface area contributed by atoms with Gasteiger partial charge in [-0.05, 0) is 61.7 Å². The zero-order valence-electron chi connectivity index (χ0n) is 32.2. The summed E-state index contributed by atoms with van der Waals surface area (Å²) in [5.74, 6) is -2.54. The van der Waals surface area contributed by atoms with Crippen LogP contribution in [0, 0.1) is 0 Å². The molecule has 7 atom stereocenters. The zero-order chi connectivity index (χ0) is 40.1. The van der Waals surface area contributed by atoms with Gasteiger partial charge in [0.1, 0.15) is 18.3 Å². The highest BCUT2D eigenvalue weighted by Crippen LogP contribution is 2.29. The molecule has 0 bridgehead atoms. The van der Waals surface area contributed by atoms with E-state index in [0.717, 1.165) is 38.5 Å². The normalized spacial score (nSPS) is 20.5. The van der Waals surface area contributed by atoms with E-state index in [1.54, 1.807) is 72.8 Å². The summed E-state index contributed by atoms with van der Waals surface area (Å²) in [5, 5.41) is 24.6. The second-order valence-corrected chi connectivity index (χ2v) is 13.7. The number of hydrogen-bond acceptors (Lipinski definition) is 11. The van der Waals surface area contributed by atoms with E-state index in [9.17, 15) is 29.4 Å². The monoisotopic (exact) mass is 773 g/mol. The average molecular weight is 774 g/mol. The number of benzene rings is 3. The predicted octanol–water partition coefficient (Wildman–Crippen LogP) is 6.35. The lowest BCUT2D eigenvalue weighted by atomic mass is 9.98. The topological polar surface area (TPSA) is 167 Å². The van der Waals surface area contributed by atoms with Gasteiger partial charge in [0.15, 0.2) is 18.5 Å². The van der Waals surface area contributed by atoms with Gasteiger partial charge in [-0.15, -0.1) is 0 Å². The summed E-state index contributed by atoms with van der Waals surface area (Å²) in [4.78, 5) is 53.6. The van der Waals surface area contributed by atoms with Gasteiger partial charge in [-0.25, -0.2) is 14.4 Å². The summed E-state index contributed by atoms with van der Waals surface area (Å²) in [6.45, 7) is 3.12. The molecule has 12 heteroatoms. The van der Waals surface area contributed by atoms with Crippen LogP contribution in [-0.4, -0.2) is 90.1 Å². The first-order valence-electron chi connectivity index (χ1n) is 19.6. The Bertz CT molecular complexity index is 1650. The lowest BCUT2D eigenvalue weighted by Crippen LogP contribution is -2.62. The van der Waals surface area contributed by atoms with Crippen molar-refractivity contribution >= 4 is 23.8 Å². The molecule has 3 N–H and O–H groups in total. The Balaban J connectivity index is 1.67. The van der Waals surface area contributed by atoms with Gasteiger partial charge in [-0.2, -0.15) is 0 Å². The molecule has 12 nitrogen and oxygen atoms in total. The van der Waals surface area contributed by atoms with Crippen molar-refractivity contribution < 1.29 is 53.1 Å². The van der Waals surface area contributed by atoms with E-state index >= 15 is 0 Å². The third-order valence-corrected chi connectivity index (χ3v) is 9.30. The third-order valence-electron chi connectivity index (χ3n) is 9.30. The summed E-state index contributed by atoms with van der Waals surface area (Å²) in [6, 6.07) is 23.6. The molecule has 0 aliphatic carbocycles. The number of carbonyl (C=O) groups excluding carboxylic acids is 4. The first-order chi connectivity index (χ1) is 27.2. The van der Waals surface area contributed by atoms with Gasteiger partial charge < -0.3 is 39.2 Å². The maximum atomic E-state index is 13.5. The van der Waals surface area contributed by atoms with Gasteiger partial charge in [-0.1, -0.05) is 107 Å². The van der Waals surface area contributed by atoms with E-state index < -0.39 is 67.4 Å². The molecule has 3 aromatic rings. The summed E-state index contributed by atoms with van der Waals surface area (Å²) < 4.78 is 30.0. The van der Waals surface area contributed by atoms with Crippen molar-refractivity contribution in [2.24, 2.45) is 0 Å². The molecule has 3 aromatic carbocycles. The highest BCUT2D eigenvalue weighted by Gasteiger charge is 2.51. The minimum absolute atomic E-state index is 0.173. The van der Waals surface area contributed by atoms with Crippen molar-refractivity contribution in [3.8, 4) is 0 Å². The number of aliphatic hydroxyl groups is 2. The third kappa shape index (κ3) is 13.7. The van der Waals surface area contributed by atoms with Gasteiger partial charge >= 0.3 is 17.9 Å². The summed E-state index contributed by atoms with van der Waals surface area (Å²) in [6.07, 6.45) is 2.50. The van der Waals surface area contributed by atoms with Crippen LogP contribution in [0.2, 0.25) is 0 Å². The van der Waals surface area contributed by atoms with Crippen LogP contribution in [0.3, 0.4) is 0 Å². The Hall–Kier alpha value is -4.88. The lowest BCUT2D eigenvalue weighted by Gasteiger charge is -2.43. The van der Waals surface area contributed by atoms with Crippen molar-refractivity contribution in [2.45, 2.75) is 114 Å². The average Bonchev–Trinajstić information content (AvgIpc) is 3.23. The molecule has 1 heterocycles. The summed E-state index contributed by atoms with van der Waals surface area (Å²) in [7, 11) is 0. The van der Waals surface area contributed by atoms with Gasteiger partial charge in [0.2, 0.25) is 5.91 Å². The highest BCUT2D eigenvalue weighted by molar-refractivity contribution is 5.91. The van der Waals surface area contributed by atoms with Crippen LogP contribution in [0.15, 0.2) is 103 Å². The number of carbonyl (C=O) groups is 4. The minimum Gasteiger partial charge on any atom is -0.452 e. The van der Waals surface area contributed by atoms with Crippen molar-refractivity contribution in [1.29, 1.82) is 0 Å². The van der Waals surface area contributed by atoms with E-state index in [1.807, 2.05) is 13.0 Å². The minimum atomic E-state index is -1.63. The number of rotatable bonds is 22. The maximum Gasteiger partial charge on any atom is 0.338 e. The van der Waals surface area contributed by atoms with Crippen LogP contribution in [0.25, 0.3) is 0 Å². The van der Waals surface area contributed by atoms with Gasteiger partial charge in [-0.3, -0.25) is 4.79 Å². The number of allylic oxidation sites excluding steroid dienone is 1. The number of unbranched alkanes of at least 4 members (excludes halogenated alkanes) is 6. The molecule has 1 fully saturated rings. The SMILES string of the molecule is CCCCCCC=CC(OC(=O)c1ccccc1)C(CO[C@H]1O[C@H](CO)[C@H](O)[C@H](OC(=O)c2ccccc2)[C@H]1OC(=O)c1ccccc1)NC(=O)CCCCC. The molecule has 1 saturated heterocycles. The molecule has 1 aliphatic rings. The number of nitrogens with one attached hydrogen (secondary N) is 1. The molecule has 56 heavy (non-hydrogen) atoms. The van der Waals surface area contributed by atoms with Crippen LogP contribution < -0.4 is 5.32 Å². The molecular formula is C44H55NO11. The molecule has 1 aliphatic heterocycles. The van der Waals surface area contributed by atoms with Crippen molar-refractivity contribution in [2.75, 3.05) is 13.2 Å². The molecule has 302 valence electrons. The second kappa shape index (κ2) is 23.9. The Morgan fingerprint density at radius 3 is 1.82 bits per heavy atom. The summed E-state index contributed by atoms with van der Waals surface area (Å²) >= 11 is 0. The molecular weight excluding hydrogens is 718 g/mol. The van der Waals surface area contributed by atoms with Crippen LogP contribution in [0.4, 0.5) is 0 Å². The fraction of sp³-hybridized carbons (Fsp3) is 0.455. The maximum absolute atomic E-state index is 13.5. The number of ether oxygens (including phenoxy) is 5. The van der Waals surface area contributed by atoms with Crippen LogP contribution in [-0.2, 0) is 28.5 Å². The molecule has 0 aromatic heterocycles. The number of amides is 1. The molecule has 2 unspecified atom stereocenters. The van der Waals surface area contributed by atoms with Crippen LogP contribution in [0.1, 0.15) is 103 Å². The largest absolute Gasteiger partial charge is 0.452 e. The fourth-order valence-electron chi connectivity index (χ4n) is 6.14. The fourth-order valence-corrected chi connectivity index (χ4v) is 6.14.